The third-order valence-corrected chi connectivity index (χ3v) is 4.02. The van der Waals surface area contributed by atoms with Crippen molar-refractivity contribution in [1.29, 1.82) is 0 Å². The largest absolute Gasteiger partial charge is 0.489 e. The Hall–Kier alpha value is -1.81. The number of aryl methyl sites for hydroxylation is 1. The van der Waals surface area contributed by atoms with Crippen molar-refractivity contribution in [3.63, 3.8) is 0 Å². The van der Waals surface area contributed by atoms with E-state index in [9.17, 15) is 9.90 Å². The Balaban J connectivity index is 2.27. The monoisotopic (exact) mass is 332 g/mol. The summed E-state index contributed by atoms with van der Waals surface area (Å²) < 4.78 is 6.65. The second-order valence-corrected chi connectivity index (χ2v) is 5.86. The van der Waals surface area contributed by atoms with Crippen molar-refractivity contribution in [3.05, 3.63) is 63.1 Å². The molecule has 0 aromatic heterocycles. The van der Waals surface area contributed by atoms with Gasteiger partial charge in [-0.2, -0.15) is 0 Å². The van der Waals surface area contributed by atoms with Gasteiger partial charge in [0.15, 0.2) is 0 Å². The van der Waals surface area contributed by atoms with Crippen LogP contribution < -0.4 is 4.74 Å². The van der Waals surface area contributed by atoms with Gasteiger partial charge in [-0.25, -0.2) is 0 Å². The van der Waals surface area contributed by atoms with Crippen LogP contribution in [0, 0.1) is 6.92 Å². The van der Waals surface area contributed by atoms with E-state index >= 15 is 0 Å². The summed E-state index contributed by atoms with van der Waals surface area (Å²) >= 11 is 3.41. The standard InChI is InChI=1S/C16H13BrO3/c1-9-2-5-14-13(6-9)15(16(18)19)12-7-11(17)4-3-10(12)8-20-14/h2-7,15H,8H2,1H3,(H,18,19)/t15-/m1/s1. The summed E-state index contributed by atoms with van der Waals surface area (Å²) in [7, 11) is 0. The van der Waals surface area contributed by atoms with Gasteiger partial charge in [-0.3, -0.25) is 4.79 Å². The molecular weight excluding hydrogens is 320 g/mol. The Bertz CT molecular complexity index is 641. The van der Waals surface area contributed by atoms with E-state index < -0.39 is 11.9 Å². The molecule has 1 N–H and O–H groups in total. The number of halogens is 1. The number of hydrogen-bond acceptors (Lipinski definition) is 2. The molecule has 0 bridgehead atoms. The Kier molecular flexibility index (Phi) is 3.26. The molecule has 0 fully saturated rings. The summed E-state index contributed by atoms with van der Waals surface area (Å²) in [6.45, 7) is 2.34. The van der Waals surface area contributed by atoms with Crippen LogP contribution in [0.4, 0.5) is 0 Å². The van der Waals surface area contributed by atoms with E-state index in [0.29, 0.717) is 17.9 Å². The zero-order valence-corrected chi connectivity index (χ0v) is 12.5. The molecule has 2 aromatic carbocycles. The Morgan fingerprint density at radius 3 is 2.80 bits per heavy atom. The van der Waals surface area contributed by atoms with Crippen LogP contribution in [0.1, 0.15) is 28.2 Å². The average Bonchev–Trinajstić information content (AvgIpc) is 2.54. The van der Waals surface area contributed by atoms with Crippen molar-refractivity contribution >= 4 is 21.9 Å². The van der Waals surface area contributed by atoms with E-state index in [-0.39, 0.29) is 0 Å². The summed E-state index contributed by atoms with van der Waals surface area (Å²) in [5, 5.41) is 9.67. The molecule has 20 heavy (non-hydrogen) atoms. The van der Waals surface area contributed by atoms with Crippen molar-refractivity contribution < 1.29 is 14.6 Å². The number of carboxylic acids is 1. The number of aliphatic carboxylic acids is 1. The maximum Gasteiger partial charge on any atom is 0.315 e. The van der Waals surface area contributed by atoms with Gasteiger partial charge >= 0.3 is 5.97 Å². The number of hydrogen-bond donors (Lipinski definition) is 1. The molecule has 0 radical (unpaired) electrons. The van der Waals surface area contributed by atoms with Crippen LogP contribution >= 0.6 is 15.9 Å². The molecule has 4 heteroatoms. The minimum atomic E-state index is -0.860. The van der Waals surface area contributed by atoms with Crippen molar-refractivity contribution in [2.75, 3.05) is 0 Å². The molecule has 1 aliphatic rings. The number of carboxylic acid groups (broad SMARTS) is 1. The zero-order chi connectivity index (χ0) is 14.3. The maximum atomic E-state index is 11.8. The Labute approximate surface area is 125 Å². The van der Waals surface area contributed by atoms with Gasteiger partial charge in [0.1, 0.15) is 18.3 Å². The van der Waals surface area contributed by atoms with E-state index in [2.05, 4.69) is 15.9 Å². The first-order valence-corrected chi connectivity index (χ1v) is 7.10. The molecule has 1 heterocycles. The summed E-state index contributed by atoms with van der Waals surface area (Å²) in [5.41, 5.74) is 3.44. The summed E-state index contributed by atoms with van der Waals surface area (Å²) in [6, 6.07) is 11.4. The van der Waals surface area contributed by atoms with E-state index in [1.165, 1.54) is 0 Å². The molecule has 0 aliphatic carbocycles. The minimum absolute atomic E-state index is 0.391. The quantitative estimate of drug-likeness (QED) is 0.862. The molecule has 1 atom stereocenters. The number of carbonyl (C=O) groups is 1. The fourth-order valence-corrected chi connectivity index (χ4v) is 2.96. The van der Waals surface area contributed by atoms with Gasteiger partial charge < -0.3 is 9.84 Å². The lowest BCUT2D eigenvalue weighted by Crippen LogP contribution is -2.14. The van der Waals surface area contributed by atoms with E-state index in [1.807, 2.05) is 43.3 Å². The number of benzene rings is 2. The lowest BCUT2D eigenvalue weighted by Gasteiger charge is -2.15. The normalized spacial score (nSPS) is 16.6. The number of fused-ring (bicyclic) bond motifs is 2. The fourth-order valence-electron chi connectivity index (χ4n) is 2.58. The fraction of sp³-hybridized carbons (Fsp3) is 0.188. The predicted octanol–water partition coefficient (Wildman–Crippen LogP) is 3.87. The second kappa shape index (κ2) is 4.94. The highest BCUT2D eigenvalue weighted by molar-refractivity contribution is 9.10. The van der Waals surface area contributed by atoms with Crippen LogP contribution in [-0.2, 0) is 11.4 Å². The van der Waals surface area contributed by atoms with Crippen molar-refractivity contribution in [2.24, 2.45) is 0 Å². The molecule has 0 saturated carbocycles. The van der Waals surface area contributed by atoms with E-state index in [4.69, 9.17) is 4.74 Å². The first-order chi connectivity index (χ1) is 9.56. The third-order valence-electron chi connectivity index (χ3n) is 3.53. The molecule has 1 aliphatic heterocycles. The molecule has 3 rings (SSSR count). The Morgan fingerprint density at radius 1 is 1.25 bits per heavy atom. The molecule has 3 nitrogen and oxygen atoms in total. The molecule has 102 valence electrons. The highest BCUT2D eigenvalue weighted by atomic mass is 79.9. The van der Waals surface area contributed by atoms with Crippen LogP contribution in [0.3, 0.4) is 0 Å². The van der Waals surface area contributed by atoms with Gasteiger partial charge in [0, 0.05) is 10.0 Å². The first-order valence-electron chi connectivity index (χ1n) is 6.31. The lowest BCUT2D eigenvalue weighted by atomic mass is 9.88. The maximum absolute atomic E-state index is 11.8. The SMILES string of the molecule is Cc1ccc2c(c1)[C@H](C(=O)O)c1cc(Br)ccc1CO2. The van der Waals surface area contributed by atoms with Gasteiger partial charge in [-0.1, -0.05) is 39.7 Å². The van der Waals surface area contributed by atoms with Crippen molar-refractivity contribution in [3.8, 4) is 5.75 Å². The van der Waals surface area contributed by atoms with Crippen LogP contribution in [0.25, 0.3) is 0 Å². The molecule has 0 spiro atoms. The summed E-state index contributed by atoms with van der Waals surface area (Å²) in [4.78, 5) is 11.8. The van der Waals surface area contributed by atoms with E-state index in [0.717, 1.165) is 21.2 Å². The molecule has 0 unspecified atom stereocenters. The molecular formula is C16H13BrO3. The average molecular weight is 333 g/mol. The first kappa shape index (κ1) is 13.2. The predicted molar refractivity (Wildman–Crippen MR) is 79.1 cm³/mol. The van der Waals surface area contributed by atoms with Gasteiger partial charge in [0.05, 0.1) is 0 Å². The van der Waals surface area contributed by atoms with Gasteiger partial charge in [-0.05, 0) is 36.2 Å². The summed E-state index contributed by atoms with van der Waals surface area (Å²) in [5.74, 6) is -0.906. The minimum Gasteiger partial charge on any atom is -0.489 e. The van der Waals surface area contributed by atoms with Crippen LogP contribution in [-0.4, -0.2) is 11.1 Å². The third kappa shape index (κ3) is 2.20. The van der Waals surface area contributed by atoms with E-state index in [1.54, 1.807) is 0 Å². The van der Waals surface area contributed by atoms with Crippen molar-refractivity contribution in [2.45, 2.75) is 19.4 Å². The van der Waals surface area contributed by atoms with Crippen LogP contribution in [0.2, 0.25) is 0 Å². The van der Waals surface area contributed by atoms with Crippen LogP contribution in [0.5, 0.6) is 5.75 Å². The second-order valence-electron chi connectivity index (χ2n) is 4.94. The highest BCUT2D eigenvalue weighted by Gasteiger charge is 2.30. The molecule has 0 amide bonds. The smallest absolute Gasteiger partial charge is 0.315 e. The highest BCUT2D eigenvalue weighted by Crippen LogP contribution is 2.39. The summed E-state index contributed by atoms with van der Waals surface area (Å²) in [6.07, 6.45) is 0. The lowest BCUT2D eigenvalue weighted by molar-refractivity contribution is -0.137. The van der Waals surface area contributed by atoms with Crippen molar-refractivity contribution in [1.82, 2.24) is 0 Å². The Morgan fingerprint density at radius 2 is 2.05 bits per heavy atom. The van der Waals surface area contributed by atoms with Gasteiger partial charge in [-0.15, -0.1) is 0 Å². The van der Waals surface area contributed by atoms with Gasteiger partial charge in [0.2, 0.25) is 0 Å². The molecule has 0 saturated heterocycles. The topological polar surface area (TPSA) is 46.5 Å². The number of ether oxygens (including phenoxy) is 1. The van der Waals surface area contributed by atoms with Gasteiger partial charge in [0.25, 0.3) is 0 Å². The zero-order valence-electron chi connectivity index (χ0n) is 10.9. The van der Waals surface area contributed by atoms with Crippen LogP contribution in [0.15, 0.2) is 40.9 Å². The number of rotatable bonds is 1. The molecule has 2 aromatic rings.